The molecule has 0 fully saturated rings. The van der Waals surface area contributed by atoms with Crippen molar-refractivity contribution in [2.24, 2.45) is 0 Å². The van der Waals surface area contributed by atoms with Crippen LogP contribution in [0.2, 0.25) is 0 Å². The number of carbonyl (C=O) groups excluding carboxylic acids is 3. The van der Waals surface area contributed by atoms with Crippen molar-refractivity contribution in [3.8, 4) is 0 Å². The molecule has 0 saturated carbocycles. The number of aromatic nitrogens is 2. The second kappa shape index (κ2) is 5.96. The minimum Gasteiger partial charge on any atom is -0.459 e. The second-order valence-electron chi connectivity index (χ2n) is 4.99. The van der Waals surface area contributed by atoms with Gasteiger partial charge in [-0.2, -0.15) is 0 Å². The van der Waals surface area contributed by atoms with Crippen molar-refractivity contribution in [2.45, 2.75) is 6.92 Å². The number of hydrogen-bond donors (Lipinski definition) is 0. The SMILES string of the molecule is Cc1cnc(C(=O)OCCN2C(=O)c3ccccc3C2=O)cn1. The summed E-state index contributed by atoms with van der Waals surface area (Å²) in [6, 6.07) is 6.60. The number of benzene rings is 1. The summed E-state index contributed by atoms with van der Waals surface area (Å²) in [5.74, 6) is -1.40. The number of rotatable bonds is 4. The molecule has 1 aliphatic rings. The molecule has 1 aliphatic heterocycles. The van der Waals surface area contributed by atoms with E-state index in [0.717, 1.165) is 4.90 Å². The summed E-state index contributed by atoms with van der Waals surface area (Å²) in [6.45, 7) is 1.65. The molecule has 2 heterocycles. The predicted molar refractivity (Wildman–Crippen MR) is 78.9 cm³/mol. The smallest absolute Gasteiger partial charge is 0.358 e. The molecule has 116 valence electrons. The van der Waals surface area contributed by atoms with Gasteiger partial charge in [-0.1, -0.05) is 12.1 Å². The topological polar surface area (TPSA) is 89.5 Å². The number of aryl methyl sites for hydroxylation is 1. The zero-order valence-electron chi connectivity index (χ0n) is 12.4. The number of hydrogen-bond acceptors (Lipinski definition) is 6. The second-order valence-corrected chi connectivity index (χ2v) is 4.99. The first kappa shape index (κ1) is 14.8. The van der Waals surface area contributed by atoms with Gasteiger partial charge in [0.2, 0.25) is 0 Å². The summed E-state index contributed by atoms with van der Waals surface area (Å²) in [5.41, 5.74) is 1.51. The summed E-state index contributed by atoms with van der Waals surface area (Å²) in [5, 5.41) is 0. The number of nitrogens with zero attached hydrogens (tertiary/aromatic N) is 3. The first-order chi connectivity index (χ1) is 11.1. The van der Waals surface area contributed by atoms with Crippen LogP contribution >= 0.6 is 0 Å². The fraction of sp³-hybridized carbons (Fsp3) is 0.188. The van der Waals surface area contributed by atoms with Crippen molar-refractivity contribution < 1.29 is 19.1 Å². The fourth-order valence-electron chi connectivity index (χ4n) is 2.24. The highest BCUT2D eigenvalue weighted by Crippen LogP contribution is 2.21. The van der Waals surface area contributed by atoms with Gasteiger partial charge in [0.05, 0.1) is 29.6 Å². The quantitative estimate of drug-likeness (QED) is 0.623. The maximum absolute atomic E-state index is 12.1. The first-order valence-corrected chi connectivity index (χ1v) is 6.99. The molecule has 0 aliphatic carbocycles. The third-order valence-corrected chi connectivity index (χ3v) is 3.42. The third kappa shape index (κ3) is 2.80. The average Bonchev–Trinajstić information content (AvgIpc) is 2.81. The van der Waals surface area contributed by atoms with E-state index in [4.69, 9.17) is 4.74 Å². The molecular weight excluding hydrogens is 298 g/mol. The van der Waals surface area contributed by atoms with Gasteiger partial charge in [-0.05, 0) is 19.1 Å². The predicted octanol–water partition coefficient (Wildman–Crippen LogP) is 1.24. The van der Waals surface area contributed by atoms with Gasteiger partial charge in [-0.15, -0.1) is 0 Å². The van der Waals surface area contributed by atoms with E-state index in [1.807, 2.05) is 0 Å². The Morgan fingerprint density at radius 2 is 1.74 bits per heavy atom. The van der Waals surface area contributed by atoms with Gasteiger partial charge < -0.3 is 4.74 Å². The van der Waals surface area contributed by atoms with Crippen molar-refractivity contribution in [1.29, 1.82) is 0 Å². The van der Waals surface area contributed by atoms with Gasteiger partial charge in [0, 0.05) is 6.20 Å². The molecule has 0 radical (unpaired) electrons. The zero-order chi connectivity index (χ0) is 16.4. The standard InChI is InChI=1S/C16H13N3O4/c1-10-8-18-13(9-17-10)16(22)23-7-6-19-14(20)11-4-2-3-5-12(11)15(19)21/h2-5,8-9H,6-7H2,1H3. The lowest BCUT2D eigenvalue weighted by Crippen LogP contribution is -2.33. The van der Waals surface area contributed by atoms with Crippen LogP contribution in [0.1, 0.15) is 36.9 Å². The first-order valence-electron chi connectivity index (χ1n) is 6.99. The third-order valence-electron chi connectivity index (χ3n) is 3.42. The van der Waals surface area contributed by atoms with Crippen molar-refractivity contribution in [3.05, 3.63) is 59.2 Å². The Bertz CT molecular complexity index is 751. The van der Waals surface area contributed by atoms with E-state index in [0.29, 0.717) is 16.8 Å². The van der Waals surface area contributed by atoms with Gasteiger partial charge in [0.1, 0.15) is 6.61 Å². The fourth-order valence-corrected chi connectivity index (χ4v) is 2.24. The molecular formula is C16H13N3O4. The van der Waals surface area contributed by atoms with Crippen molar-refractivity contribution in [3.63, 3.8) is 0 Å². The Morgan fingerprint density at radius 3 is 2.30 bits per heavy atom. The average molecular weight is 311 g/mol. The van der Waals surface area contributed by atoms with Crippen molar-refractivity contribution in [2.75, 3.05) is 13.2 Å². The number of ether oxygens (including phenoxy) is 1. The Hall–Kier alpha value is -3.09. The van der Waals surface area contributed by atoms with Gasteiger partial charge in [-0.25, -0.2) is 9.78 Å². The molecule has 0 N–H and O–H groups in total. The Morgan fingerprint density at radius 1 is 1.09 bits per heavy atom. The summed E-state index contributed by atoms with van der Waals surface area (Å²) >= 11 is 0. The molecule has 0 unspecified atom stereocenters. The Balaban J connectivity index is 1.60. The van der Waals surface area contributed by atoms with Crippen LogP contribution < -0.4 is 0 Å². The van der Waals surface area contributed by atoms with Crippen LogP contribution in [0.5, 0.6) is 0 Å². The molecule has 0 saturated heterocycles. The largest absolute Gasteiger partial charge is 0.459 e. The highest BCUT2D eigenvalue weighted by Gasteiger charge is 2.34. The van der Waals surface area contributed by atoms with Gasteiger partial charge in [-0.3, -0.25) is 19.5 Å². The minimum absolute atomic E-state index is 0.00260. The van der Waals surface area contributed by atoms with E-state index < -0.39 is 5.97 Å². The minimum atomic E-state index is -0.644. The lowest BCUT2D eigenvalue weighted by molar-refractivity contribution is 0.0415. The Kier molecular flexibility index (Phi) is 3.84. The molecule has 3 rings (SSSR count). The van der Waals surface area contributed by atoms with Crippen molar-refractivity contribution >= 4 is 17.8 Å². The van der Waals surface area contributed by atoms with Crippen LogP contribution in [0, 0.1) is 6.92 Å². The molecule has 0 atom stereocenters. The number of fused-ring (bicyclic) bond motifs is 1. The van der Waals surface area contributed by atoms with Gasteiger partial charge >= 0.3 is 5.97 Å². The van der Waals surface area contributed by atoms with Crippen LogP contribution in [-0.2, 0) is 4.74 Å². The number of esters is 1. The van der Waals surface area contributed by atoms with Crippen LogP contribution in [0.3, 0.4) is 0 Å². The molecule has 2 amide bonds. The molecule has 0 spiro atoms. The molecule has 2 aromatic rings. The maximum Gasteiger partial charge on any atom is 0.358 e. The van der Waals surface area contributed by atoms with Gasteiger partial charge in [0.25, 0.3) is 11.8 Å². The molecule has 0 bridgehead atoms. The summed E-state index contributed by atoms with van der Waals surface area (Å²) in [4.78, 5) is 45.0. The highest BCUT2D eigenvalue weighted by atomic mass is 16.5. The number of amides is 2. The van der Waals surface area contributed by atoms with E-state index in [2.05, 4.69) is 9.97 Å². The molecule has 1 aromatic carbocycles. The molecule has 1 aromatic heterocycles. The molecule has 7 heteroatoms. The van der Waals surface area contributed by atoms with E-state index in [1.165, 1.54) is 12.4 Å². The van der Waals surface area contributed by atoms with Gasteiger partial charge in [0.15, 0.2) is 5.69 Å². The van der Waals surface area contributed by atoms with Crippen molar-refractivity contribution in [1.82, 2.24) is 14.9 Å². The number of carbonyl (C=O) groups is 3. The lowest BCUT2D eigenvalue weighted by Gasteiger charge is -2.13. The van der Waals surface area contributed by atoms with E-state index in [9.17, 15) is 14.4 Å². The van der Waals surface area contributed by atoms with Crippen LogP contribution in [0.25, 0.3) is 0 Å². The zero-order valence-corrected chi connectivity index (χ0v) is 12.4. The highest BCUT2D eigenvalue weighted by molar-refractivity contribution is 6.21. The maximum atomic E-state index is 12.1. The van der Waals surface area contributed by atoms with Crippen LogP contribution in [-0.4, -0.2) is 45.8 Å². The van der Waals surface area contributed by atoms with E-state index >= 15 is 0 Å². The Labute approximate surface area is 131 Å². The molecule has 7 nitrogen and oxygen atoms in total. The molecule has 23 heavy (non-hydrogen) atoms. The van der Waals surface area contributed by atoms with E-state index in [-0.39, 0.29) is 30.7 Å². The number of imide groups is 1. The van der Waals surface area contributed by atoms with Crippen LogP contribution in [0.4, 0.5) is 0 Å². The normalized spacial score (nSPS) is 13.2. The van der Waals surface area contributed by atoms with E-state index in [1.54, 1.807) is 31.2 Å². The monoisotopic (exact) mass is 311 g/mol. The van der Waals surface area contributed by atoms with Crippen LogP contribution in [0.15, 0.2) is 36.7 Å². The summed E-state index contributed by atoms with van der Waals surface area (Å²) in [6.07, 6.45) is 2.78. The summed E-state index contributed by atoms with van der Waals surface area (Å²) < 4.78 is 5.04. The summed E-state index contributed by atoms with van der Waals surface area (Å²) in [7, 11) is 0. The lowest BCUT2D eigenvalue weighted by atomic mass is 10.1.